The third-order valence-electron chi connectivity index (χ3n) is 3.83. The standard InChI is InChI=1S/C15H20N6/c1-20-9-10-21(14-7-8-17-15(18-14)19-16)13(11-20)12-5-3-2-4-6-12/h2-8,13H,9-11,16H2,1H3,(H,17,18,19). The van der Waals surface area contributed by atoms with Crippen LogP contribution >= 0.6 is 0 Å². The summed E-state index contributed by atoms with van der Waals surface area (Å²) in [6.07, 6.45) is 1.73. The second-order valence-electron chi connectivity index (χ2n) is 5.26. The number of hydrogen-bond acceptors (Lipinski definition) is 6. The van der Waals surface area contributed by atoms with E-state index in [1.807, 2.05) is 12.1 Å². The van der Waals surface area contributed by atoms with Crippen LogP contribution < -0.4 is 16.2 Å². The molecule has 2 heterocycles. The fourth-order valence-electron chi connectivity index (χ4n) is 2.73. The molecule has 0 bridgehead atoms. The van der Waals surface area contributed by atoms with Gasteiger partial charge in [0.15, 0.2) is 0 Å². The molecule has 3 N–H and O–H groups in total. The summed E-state index contributed by atoms with van der Waals surface area (Å²) in [7, 11) is 2.15. The number of hydrogen-bond donors (Lipinski definition) is 2. The van der Waals surface area contributed by atoms with Crippen LogP contribution in [-0.2, 0) is 0 Å². The molecule has 1 aliphatic heterocycles. The Morgan fingerprint density at radius 2 is 2.00 bits per heavy atom. The van der Waals surface area contributed by atoms with Gasteiger partial charge in [0.05, 0.1) is 6.04 Å². The van der Waals surface area contributed by atoms with Gasteiger partial charge < -0.3 is 9.80 Å². The van der Waals surface area contributed by atoms with Crippen LogP contribution in [0.2, 0.25) is 0 Å². The maximum absolute atomic E-state index is 5.41. The number of benzene rings is 1. The number of piperazine rings is 1. The Kier molecular flexibility index (Phi) is 3.98. The van der Waals surface area contributed by atoms with Crippen LogP contribution in [0.1, 0.15) is 11.6 Å². The number of nitrogens with zero attached hydrogens (tertiary/aromatic N) is 4. The summed E-state index contributed by atoms with van der Waals surface area (Å²) in [4.78, 5) is 13.2. The summed E-state index contributed by atoms with van der Waals surface area (Å²) in [5.74, 6) is 6.76. The lowest BCUT2D eigenvalue weighted by Gasteiger charge is -2.41. The topological polar surface area (TPSA) is 70.3 Å². The van der Waals surface area contributed by atoms with Gasteiger partial charge in [-0.2, -0.15) is 4.98 Å². The van der Waals surface area contributed by atoms with Crippen LogP contribution in [-0.4, -0.2) is 41.5 Å². The van der Waals surface area contributed by atoms with Crippen LogP contribution in [0, 0.1) is 0 Å². The Hall–Kier alpha value is -2.18. The van der Waals surface area contributed by atoms with E-state index in [0.29, 0.717) is 5.95 Å². The number of nitrogens with one attached hydrogen (secondary N) is 1. The van der Waals surface area contributed by atoms with Gasteiger partial charge in [0.2, 0.25) is 5.95 Å². The van der Waals surface area contributed by atoms with Crippen molar-refractivity contribution in [2.45, 2.75) is 6.04 Å². The highest BCUT2D eigenvalue weighted by atomic mass is 15.3. The smallest absolute Gasteiger partial charge is 0.239 e. The highest BCUT2D eigenvalue weighted by molar-refractivity contribution is 5.46. The van der Waals surface area contributed by atoms with E-state index >= 15 is 0 Å². The first-order valence-corrected chi connectivity index (χ1v) is 7.08. The second kappa shape index (κ2) is 6.07. The molecule has 3 rings (SSSR count). The van der Waals surface area contributed by atoms with Gasteiger partial charge in [0.1, 0.15) is 5.82 Å². The predicted octanol–water partition coefficient (Wildman–Crippen LogP) is 1.26. The van der Waals surface area contributed by atoms with E-state index in [2.05, 4.69) is 56.5 Å². The van der Waals surface area contributed by atoms with E-state index in [-0.39, 0.29) is 6.04 Å². The first kappa shape index (κ1) is 13.8. The van der Waals surface area contributed by atoms with Gasteiger partial charge in [-0.05, 0) is 18.7 Å². The lowest BCUT2D eigenvalue weighted by atomic mass is 10.0. The average molecular weight is 284 g/mol. The van der Waals surface area contributed by atoms with E-state index in [1.165, 1.54) is 5.56 Å². The molecule has 1 aliphatic rings. The van der Waals surface area contributed by atoms with Crippen molar-refractivity contribution < 1.29 is 0 Å². The van der Waals surface area contributed by atoms with Crippen molar-refractivity contribution in [1.82, 2.24) is 14.9 Å². The van der Waals surface area contributed by atoms with Crippen LogP contribution in [0.5, 0.6) is 0 Å². The molecule has 1 fully saturated rings. The van der Waals surface area contributed by atoms with Crippen molar-refractivity contribution in [3.8, 4) is 0 Å². The summed E-state index contributed by atoms with van der Waals surface area (Å²) in [5.41, 5.74) is 3.81. The van der Waals surface area contributed by atoms with E-state index in [1.54, 1.807) is 6.20 Å². The Balaban J connectivity index is 1.94. The summed E-state index contributed by atoms with van der Waals surface area (Å²) in [6, 6.07) is 12.7. The zero-order valence-corrected chi connectivity index (χ0v) is 12.1. The first-order chi connectivity index (χ1) is 10.3. The van der Waals surface area contributed by atoms with Gasteiger partial charge in [0.25, 0.3) is 0 Å². The minimum Gasteiger partial charge on any atom is -0.347 e. The van der Waals surface area contributed by atoms with Crippen molar-refractivity contribution in [3.05, 3.63) is 48.2 Å². The maximum atomic E-state index is 5.41. The lowest BCUT2D eigenvalue weighted by molar-refractivity contribution is 0.268. The van der Waals surface area contributed by atoms with Crippen LogP contribution in [0.3, 0.4) is 0 Å². The molecule has 1 aromatic heterocycles. The average Bonchev–Trinajstić information content (AvgIpc) is 2.55. The number of rotatable bonds is 3. The lowest BCUT2D eigenvalue weighted by Crippen LogP contribution is -2.47. The molecule has 0 amide bonds. The maximum Gasteiger partial charge on any atom is 0.239 e. The quantitative estimate of drug-likeness (QED) is 0.653. The second-order valence-corrected chi connectivity index (χ2v) is 5.26. The highest BCUT2D eigenvalue weighted by Gasteiger charge is 2.27. The highest BCUT2D eigenvalue weighted by Crippen LogP contribution is 2.29. The Morgan fingerprint density at radius 1 is 1.19 bits per heavy atom. The predicted molar refractivity (Wildman–Crippen MR) is 83.9 cm³/mol. The Bertz CT molecular complexity index is 588. The Labute approximate surface area is 124 Å². The minimum absolute atomic E-state index is 0.283. The number of nitrogen functional groups attached to an aromatic ring is 1. The number of anilines is 2. The molecule has 1 atom stereocenters. The summed E-state index contributed by atoms with van der Waals surface area (Å²) in [6.45, 7) is 2.91. The molecular formula is C15H20N6. The summed E-state index contributed by atoms with van der Waals surface area (Å²) < 4.78 is 0. The van der Waals surface area contributed by atoms with Gasteiger partial charge in [-0.3, -0.25) is 5.43 Å². The molecule has 1 aromatic carbocycles. The molecule has 0 saturated carbocycles. The largest absolute Gasteiger partial charge is 0.347 e. The molecule has 1 unspecified atom stereocenters. The van der Waals surface area contributed by atoms with Gasteiger partial charge in [-0.1, -0.05) is 30.3 Å². The van der Waals surface area contributed by atoms with Crippen molar-refractivity contribution in [3.63, 3.8) is 0 Å². The third kappa shape index (κ3) is 2.96. The normalized spacial score (nSPS) is 19.5. The van der Waals surface area contributed by atoms with E-state index in [9.17, 15) is 0 Å². The minimum atomic E-state index is 0.283. The number of aromatic nitrogens is 2. The van der Waals surface area contributed by atoms with E-state index < -0.39 is 0 Å². The van der Waals surface area contributed by atoms with Crippen molar-refractivity contribution in [2.75, 3.05) is 37.0 Å². The molecule has 0 radical (unpaired) electrons. The van der Waals surface area contributed by atoms with Gasteiger partial charge >= 0.3 is 0 Å². The fraction of sp³-hybridized carbons (Fsp3) is 0.333. The molecule has 21 heavy (non-hydrogen) atoms. The molecule has 2 aromatic rings. The number of hydrazine groups is 1. The van der Waals surface area contributed by atoms with Crippen molar-refractivity contribution >= 4 is 11.8 Å². The number of nitrogens with two attached hydrogens (primary N) is 1. The summed E-state index contributed by atoms with van der Waals surface area (Å²) in [5, 5.41) is 0. The molecular weight excluding hydrogens is 264 g/mol. The van der Waals surface area contributed by atoms with Crippen LogP contribution in [0.25, 0.3) is 0 Å². The monoisotopic (exact) mass is 284 g/mol. The zero-order valence-electron chi connectivity index (χ0n) is 12.1. The van der Waals surface area contributed by atoms with Gasteiger partial charge in [-0.25, -0.2) is 10.8 Å². The molecule has 1 saturated heterocycles. The van der Waals surface area contributed by atoms with Crippen molar-refractivity contribution in [2.24, 2.45) is 5.84 Å². The van der Waals surface area contributed by atoms with Gasteiger partial charge in [-0.15, -0.1) is 0 Å². The molecule has 0 aliphatic carbocycles. The molecule has 110 valence electrons. The molecule has 0 spiro atoms. The first-order valence-electron chi connectivity index (χ1n) is 7.08. The molecule has 6 heteroatoms. The zero-order chi connectivity index (χ0) is 14.7. The van der Waals surface area contributed by atoms with Crippen LogP contribution in [0.15, 0.2) is 42.6 Å². The van der Waals surface area contributed by atoms with Gasteiger partial charge in [0, 0.05) is 25.8 Å². The fourth-order valence-corrected chi connectivity index (χ4v) is 2.73. The van der Waals surface area contributed by atoms with E-state index in [0.717, 1.165) is 25.5 Å². The Morgan fingerprint density at radius 3 is 2.76 bits per heavy atom. The van der Waals surface area contributed by atoms with Crippen LogP contribution in [0.4, 0.5) is 11.8 Å². The third-order valence-corrected chi connectivity index (χ3v) is 3.83. The molecule has 6 nitrogen and oxygen atoms in total. The number of likely N-dealkylation sites (N-methyl/N-ethyl adjacent to an activating group) is 1. The summed E-state index contributed by atoms with van der Waals surface area (Å²) >= 11 is 0. The SMILES string of the molecule is CN1CCN(c2ccnc(NN)n2)C(c2ccccc2)C1. The van der Waals surface area contributed by atoms with Crippen molar-refractivity contribution in [1.29, 1.82) is 0 Å². The van der Waals surface area contributed by atoms with E-state index in [4.69, 9.17) is 5.84 Å².